The molecule has 0 saturated carbocycles. The molecule has 2 aromatic heterocycles. The Hall–Kier alpha value is -2.35. The number of hydrogen-bond donors (Lipinski definition) is 0. The van der Waals surface area contributed by atoms with Crippen LogP contribution in [0.25, 0.3) is 21.2 Å². The number of benzene rings is 2. The van der Waals surface area contributed by atoms with Gasteiger partial charge >= 0.3 is 5.76 Å². The SMILES string of the molecule is Cn1c(=O)oc2c(N3CCN(CCc4csc5ccc(F)cc45)CC3)cc(Cl)cc21. The largest absolute Gasteiger partial charge is 0.419 e. The van der Waals surface area contributed by atoms with Crippen LogP contribution in [-0.2, 0) is 13.5 Å². The van der Waals surface area contributed by atoms with Gasteiger partial charge in [-0.05, 0) is 53.1 Å². The quantitative estimate of drug-likeness (QED) is 0.463. The molecule has 2 aromatic carbocycles. The van der Waals surface area contributed by atoms with Crippen molar-refractivity contribution in [3.8, 4) is 0 Å². The van der Waals surface area contributed by atoms with Crippen LogP contribution in [-0.4, -0.2) is 42.2 Å². The number of fused-ring (bicyclic) bond motifs is 2. The molecule has 30 heavy (non-hydrogen) atoms. The summed E-state index contributed by atoms with van der Waals surface area (Å²) in [7, 11) is 1.69. The molecule has 5 rings (SSSR count). The van der Waals surface area contributed by atoms with E-state index in [1.807, 2.05) is 12.1 Å². The fraction of sp³-hybridized carbons (Fsp3) is 0.318. The summed E-state index contributed by atoms with van der Waals surface area (Å²) in [5.74, 6) is -0.567. The molecule has 0 atom stereocenters. The zero-order valence-electron chi connectivity index (χ0n) is 16.5. The van der Waals surface area contributed by atoms with Crippen molar-refractivity contribution in [3.63, 3.8) is 0 Å². The third kappa shape index (κ3) is 3.51. The number of thiophene rings is 1. The van der Waals surface area contributed by atoms with Crippen LogP contribution in [0.15, 0.2) is 44.9 Å². The normalized spacial score (nSPS) is 15.5. The Morgan fingerprint density at radius 3 is 2.77 bits per heavy atom. The van der Waals surface area contributed by atoms with E-state index in [0.717, 1.165) is 54.9 Å². The molecule has 8 heteroatoms. The minimum absolute atomic E-state index is 0.184. The van der Waals surface area contributed by atoms with Gasteiger partial charge < -0.3 is 9.32 Å². The first kappa shape index (κ1) is 19.6. The van der Waals surface area contributed by atoms with Crippen LogP contribution in [0.1, 0.15) is 5.56 Å². The lowest BCUT2D eigenvalue weighted by atomic mass is 10.1. The molecule has 0 bridgehead atoms. The molecule has 1 aliphatic heterocycles. The molecule has 3 heterocycles. The van der Waals surface area contributed by atoms with E-state index in [4.69, 9.17) is 16.0 Å². The van der Waals surface area contributed by atoms with E-state index in [-0.39, 0.29) is 11.6 Å². The van der Waals surface area contributed by atoms with Gasteiger partial charge in [-0.3, -0.25) is 9.47 Å². The molecule has 1 saturated heterocycles. The van der Waals surface area contributed by atoms with Crippen LogP contribution in [0, 0.1) is 5.82 Å². The first-order chi connectivity index (χ1) is 14.5. The maximum Gasteiger partial charge on any atom is 0.419 e. The fourth-order valence-corrected chi connectivity index (χ4v) is 5.33. The average molecular weight is 446 g/mol. The van der Waals surface area contributed by atoms with Crippen LogP contribution in [0.5, 0.6) is 0 Å². The lowest BCUT2D eigenvalue weighted by Gasteiger charge is -2.36. The zero-order valence-corrected chi connectivity index (χ0v) is 18.1. The van der Waals surface area contributed by atoms with E-state index in [1.54, 1.807) is 30.5 Å². The molecule has 1 aliphatic rings. The van der Waals surface area contributed by atoms with Gasteiger partial charge in [-0.1, -0.05) is 11.6 Å². The van der Waals surface area contributed by atoms with Crippen molar-refractivity contribution in [3.05, 3.63) is 62.7 Å². The number of rotatable bonds is 4. The number of nitrogens with zero attached hydrogens (tertiary/aromatic N) is 3. The lowest BCUT2D eigenvalue weighted by Crippen LogP contribution is -2.47. The third-order valence-corrected chi connectivity index (χ3v) is 7.10. The highest BCUT2D eigenvalue weighted by Gasteiger charge is 2.22. The zero-order chi connectivity index (χ0) is 20.8. The third-order valence-electron chi connectivity index (χ3n) is 5.87. The predicted molar refractivity (Wildman–Crippen MR) is 121 cm³/mol. The molecular weight excluding hydrogens is 425 g/mol. The lowest BCUT2D eigenvalue weighted by molar-refractivity contribution is 0.261. The Bertz CT molecular complexity index is 1290. The summed E-state index contributed by atoms with van der Waals surface area (Å²) in [5.41, 5.74) is 3.38. The molecule has 0 radical (unpaired) electrons. The van der Waals surface area contributed by atoms with Gasteiger partial charge in [-0.25, -0.2) is 9.18 Å². The highest BCUT2D eigenvalue weighted by Crippen LogP contribution is 2.31. The molecule has 1 fully saturated rings. The van der Waals surface area contributed by atoms with Crippen LogP contribution >= 0.6 is 22.9 Å². The highest BCUT2D eigenvalue weighted by molar-refractivity contribution is 7.17. The maximum atomic E-state index is 13.6. The van der Waals surface area contributed by atoms with Gasteiger partial charge in [0.05, 0.1) is 11.2 Å². The Morgan fingerprint density at radius 1 is 1.17 bits per heavy atom. The Morgan fingerprint density at radius 2 is 1.97 bits per heavy atom. The van der Waals surface area contributed by atoms with Gasteiger partial charge in [-0.15, -0.1) is 11.3 Å². The summed E-state index contributed by atoms with van der Waals surface area (Å²) in [6, 6.07) is 8.63. The summed E-state index contributed by atoms with van der Waals surface area (Å²) < 4.78 is 21.7. The van der Waals surface area contributed by atoms with Gasteiger partial charge in [0.15, 0.2) is 5.58 Å². The van der Waals surface area contributed by atoms with Gasteiger partial charge in [-0.2, -0.15) is 0 Å². The standard InChI is InChI=1S/C22H21ClFN3O2S/c1-25-18-10-15(23)11-19(21(18)29-22(25)28)27-8-6-26(7-9-27)5-4-14-13-30-20-3-2-16(24)12-17(14)20/h2-3,10-13H,4-9H2,1H3. The second kappa shape index (κ2) is 7.72. The molecule has 5 nitrogen and oxygen atoms in total. The van der Waals surface area contributed by atoms with Crippen LogP contribution in [0.4, 0.5) is 10.1 Å². The van der Waals surface area contributed by atoms with Crippen molar-refractivity contribution in [1.82, 2.24) is 9.47 Å². The van der Waals surface area contributed by atoms with Gasteiger partial charge in [0.25, 0.3) is 0 Å². The summed E-state index contributed by atoms with van der Waals surface area (Å²) >= 11 is 7.97. The summed E-state index contributed by atoms with van der Waals surface area (Å²) in [5, 5.41) is 3.76. The molecule has 0 unspecified atom stereocenters. The van der Waals surface area contributed by atoms with Crippen molar-refractivity contribution < 1.29 is 8.81 Å². The van der Waals surface area contributed by atoms with E-state index < -0.39 is 0 Å². The van der Waals surface area contributed by atoms with E-state index in [2.05, 4.69) is 15.2 Å². The summed E-state index contributed by atoms with van der Waals surface area (Å²) in [4.78, 5) is 16.6. The first-order valence-electron chi connectivity index (χ1n) is 9.91. The predicted octanol–water partition coefficient (Wildman–Crippen LogP) is 4.50. The monoisotopic (exact) mass is 445 g/mol. The second-order valence-corrected chi connectivity index (χ2v) is 9.03. The number of oxazole rings is 1. The second-order valence-electron chi connectivity index (χ2n) is 7.68. The Labute approximate surface area is 181 Å². The molecular formula is C22H21ClFN3O2S. The maximum absolute atomic E-state index is 13.6. The van der Waals surface area contributed by atoms with Crippen molar-refractivity contribution >= 4 is 49.8 Å². The first-order valence-corrected chi connectivity index (χ1v) is 11.2. The Kier molecular flexibility index (Phi) is 5.05. The number of piperazine rings is 1. The van der Waals surface area contributed by atoms with E-state index in [1.165, 1.54) is 16.2 Å². The van der Waals surface area contributed by atoms with Crippen molar-refractivity contribution in [1.29, 1.82) is 0 Å². The molecule has 0 aliphatic carbocycles. The fourth-order valence-electron chi connectivity index (χ4n) is 4.15. The van der Waals surface area contributed by atoms with Gasteiger partial charge in [0, 0.05) is 49.5 Å². The number of anilines is 1. The van der Waals surface area contributed by atoms with Crippen molar-refractivity contribution in [2.45, 2.75) is 6.42 Å². The average Bonchev–Trinajstić information content (AvgIpc) is 3.27. The Balaban J connectivity index is 1.28. The van der Waals surface area contributed by atoms with Crippen molar-refractivity contribution in [2.75, 3.05) is 37.6 Å². The molecule has 0 spiro atoms. The number of hydrogen-bond acceptors (Lipinski definition) is 5. The van der Waals surface area contributed by atoms with Crippen LogP contribution < -0.4 is 10.7 Å². The van der Waals surface area contributed by atoms with Crippen LogP contribution in [0.3, 0.4) is 0 Å². The topological polar surface area (TPSA) is 41.6 Å². The number of halogens is 2. The molecule has 4 aromatic rings. The smallest absolute Gasteiger partial charge is 0.405 e. The van der Waals surface area contributed by atoms with Crippen molar-refractivity contribution in [2.24, 2.45) is 7.05 Å². The highest BCUT2D eigenvalue weighted by atomic mass is 35.5. The summed E-state index contributed by atoms with van der Waals surface area (Å²) in [6.07, 6.45) is 0.901. The number of aryl methyl sites for hydroxylation is 1. The van der Waals surface area contributed by atoms with E-state index >= 15 is 0 Å². The van der Waals surface area contributed by atoms with Gasteiger partial charge in [0.1, 0.15) is 5.82 Å². The molecule has 0 N–H and O–H groups in total. The van der Waals surface area contributed by atoms with Crippen LogP contribution in [0.2, 0.25) is 5.02 Å². The number of aromatic nitrogens is 1. The molecule has 0 amide bonds. The van der Waals surface area contributed by atoms with Gasteiger partial charge in [0.2, 0.25) is 0 Å². The minimum Gasteiger partial charge on any atom is -0.405 e. The van der Waals surface area contributed by atoms with E-state index in [9.17, 15) is 9.18 Å². The minimum atomic E-state index is -0.383. The molecule has 156 valence electrons. The summed E-state index contributed by atoms with van der Waals surface area (Å²) in [6.45, 7) is 4.39. The van der Waals surface area contributed by atoms with E-state index in [0.29, 0.717) is 16.1 Å².